The van der Waals surface area contributed by atoms with Crippen LogP contribution < -0.4 is 5.56 Å². The number of esters is 1. The summed E-state index contributed by atoms with van der Waals surface area (Å²) in [5.41, 5.74) is 0.359. The van der Waals surface area contributed by atoms with Crippen LogP contribution in [-0.2, 0) is 11.3 Å². The third-order valence-electron chi connectivity index (χ3n) is 4.01. The molecule has 0 N–H and O–H groups in total. The van der Waals surface area contributed by atoms with Gasteiger partial charge in [-0.3, -0.25) is 4.79 Å². The van der Waals surface area contributed by atoms with E-state index >= 15 is 0 Å². The van der Waals surface area contributed by atoms with E-state index in [9.17, 15) is 14.0 Å². The molecule has 0 spiro atoms. The first-order valence-electron chi connectivity index (χ1n) is 8.03. The first kappa shape index (κ1) is 16.9. The molecule has 0 aliphatic carbocycles. The fraction of sp³-hybridized carbons (Fsp3) is 0.200. The van der Waals surface area contributed by atoms with Gasteiger partial charge in [-0.1, -0.05) is 30.3 Å². The lowest BCUT2D eigenvalue weighted by molar-refractivity contribution is 0.0467. The van der Waals surface area contributed by atoms with Gasteiger partial charge in [-0.2, -0.15) is 0 Å². The number of nitrogens with zero attached hydrogens (tertiary/aromatic N) is 1. The van der Waals surface area contributed by atoms with Crippen LogP contribution in [-0.4, -0.2) is 10.5 Å². The van der Waals surface area contributed by atoms with Gasteiger partial charge in [0.1, 0.15) is 12.4 Å². The van der Waals surface area contributed by atoms with Crippen molar-refractivity contribution in [2.24, 2.45) is 0 Å². The third-order valence-corrected chi connectivity index (χ3v) is 4.01. The lowest BCUT2D eigenvalue weighted by Gasteiger charge is -2.12. The number of hydrogen-bond acceptors (Lipinski definition) is 3. The van der Waals surface area contributed by atoms with E-state index in [1.165, 1.54) is 10.6 Å². The Bertz CT molecular complexity index is 977. The Labute approximate surface area is 144 Å². The van der Waals surface area contributed by atoms with Crippen LogP contribution in [0.2, 0.25) is 0 Å². The van der Waals surface area contributed by atoms with Gasteiger partial charge in [0.05, 0.1) is 10.9 Å². The van der Waals surface area contributed by atoms with E-state index in [-0.39, 0.29) is 29.2 Å². The van der Waals surface area contributed by atoms with Gasteiger partial charge in [-0.05, 0) is 43.0 Å². The average Bonchev–Trinajstić information content (AvgIpc) is 2.60. The fourth-order valence-corrected chi connectivity index (χ4v) is 2.64. The molecule has 0 radical (unpaired) electrons. The zero-order valence-electron chi connectivity index (χ0n) is 14.0. The van der Waals surface area contributed by atoms with Gasteiger partial charge < -0.3 is 9.30 Å². The van der Waals surface area contributed by atoms with Crippen molar-refractivity contribution in [3.8, 4) is 0 Å². The van der Waals surface area contributed by atoms with Gasteiger partial charge in [0.2, 0.25) is 0 Å². The summed E-state index contributed by atoms with van der Waals surface area (Å²) in [5.74, 6) is -1.51. The molecule has 1 aromatic heterocycles. The predicted octanol–water partition coefficient (Wildman–Crippen LogP) is 4.08. The zero-order valence-corrected chi connectivity index (χ0v) is 14.0. The second-order valence-electron chi connectivity index (χ2n) is 6.10. The molecular formula is C20H18FNO3. The zero-order chi connectivity index (χ0) is 18.0. The Morgan fingerprint density at radius 1 is 1.16 bits per heavy atom. The molecule has 4 nitrogen and oxygen atoms in total. The van der Waals surface area contributed by atoms with E-state index in [1.54, 1.807) is 12.3 Å². The van der Waals surface area contributed by atoms with Crippen LogP contribution in [0.1, 0.15) is 35.8 Å². The van der Waals surface area contributed by atoms with Gasteiger partial charge in [0.15, 0.2) is 0 Å². The summed E-state index contributed by atoms with van der Waals surface area (Å²) in [6, 6.07) is 13.3. The Morgan fingerprint density at radius 2 is 1.88 bits per heavy atom. The molecule has 0 amide bonds. The molecule has 0 aliphatic rings. The van der Waals surface area contributed by atoms with Crippen molar-refractivity contribution in [3.63, 3.8) is 0 Å². The second kappa shape index (κ2) is 6.89. The van der Waals surface area contributed by atoms with Crippen molar-refractivity contribution in [1.29, 1.82) is 0 Å². The SMILES string of the molecule is CC(C)n1ccc2cc(C(=O)OCc3ccccc3)c(F)cc2c1=O. The number of carbonyl (C=O) groups is 1. The number of rotatable bonds is 4. The molecule has 0 atom stereocenters. The highest BCUT2D eigenvalue weighted by Gasteiger charge is 2.16. The number of fused-ring (bicyclic) bond motifs is 1. The molecule has 5 heteroatoms. The average molecular weight is 339 g/mol. The largest absolute Gasteiger partial charge is 0.457 e. The van der Waals surface area contributed by atoms with Gasteiger partial charge in [-0.15, -0.1) is 0 Å². The maximum atomic E-state index is 14.4. The fourth-order valence-electron chi connectivity index (χ4n) is 2.64. The molecule has 2 aromatic carbocycles. The molecule has 128 valence electrons. The number of pyridine rings is 1. The van der Waals surface area contributed by atoms with E-state index in [4.69, 9.17) is 4.74 Å². The van der Waals surface area contributed by atoms with Crippen molar-refractivity contribution < 1.29 is 13.9 Å². The Hall–Kier alpha value is -2.95. The van der Waals surface area contributed by atoms with E-state index < -0.39 is 11.8 Å². The first-order valence-corrected chi connectivity index (χ1v) is 8.03. The molecule has 0 fully saturated rings. The third kappa shape index (κ3) is 3.45. The molecule has 0 aliphatic heterocycles. The van der Waals surface area contributed by atoms with Crippen LogP contribution in [0.5, 0.6) is 0 Å². The topological polar surface area (TPSA) is 48.3 Å². The van der Waals surface area contributed by atoms with E-state index in [0.717, 1.165) is 11.6 Å². The molecule has 0 saturated heterocycles. The van der Waals surface area contributed by atoms with Crippen molar-refractivity contribution in [2.75, 3.05) is 0 Å². The molecule has 0 saturated carbocycles. The number of halogens is 1. The Morgan fingerprint density at radius 3 is 2.56 bits per heavy atom. The normalized spacial score (nSPS) is 11.0. The van der Waals surface area contributed by atoms with E-state index in [1.807, 2.05) is 44.2 Å². The van der Waals surface area contributed by atoms with Crippen LogP contribution in [0.25, 0.3) is 10.8 Å². The maximum absolute atomic E-state index is 14.4. The first-order chi connectivity index (χ1) is 12.0. The lowest BCUT2D eigenvalue weighted by atomic mass is 10.1. The summed E-state index contributed by atoms with van der Waals surface area (Å²) < 4.78 is 21.1. The minimum atomic E-state index is -0.760. The second-order valence-corrected chi connectivity index (χ2v) is 6.10. The minimum Gasteiger partial charge on any atom is -0.457 e. The van der Waals surface area contributed by atoms with E-state index in [0.29, 0.717) is 5.39 Å². The maximum Gasteiger partial charge on any atom is 0.341 e. The van der Waals surface area contributed by atoms with Crippen LogP contribution >= 0.6 is 0 Å². The van der Waals surface area contributed by atoms with Gasteiger partial charge in [0, 0.05) is 12.2 Å². The van der Waals surface area contributed by atoms with Crippen LogP contribution in [0, 0.1) is 5.82 Å². The highest BCUT2D eigenvalue weighted by atomic mass is 19.1. The highest BCUT2D eigenvalue weighted by molar-refractivity contribution is 5.95. The summed E-state index contributed by atoms with van der Waals surface area (Å²) in [6.45, 7) is 3.81. The van der Waals surface area contributed by atoms with Crippen LogP contribution in [0.15, 0.2) is 59.5 Å². The molecule has 3 rings (SSSR count). The van der Waals surface area contributed by atoms with Gasteiger partial charge >= 0.3 is 5.97 Å². The number of hydrogen-bond donors (Lipinski definition) is 0. The smallest absolute Gasteiger partial charge is 0.341 e. The van der Waals surface area contributed by atoms with Crippen LogP contribution in [0.4, 0.5) is 4.39 Å². The summed E-state index contributed by atoms with van der Waals surface area (Å²) in [7, 11) is 0. The molecule has 0 unspecified atom stereocenters. The minimum absolute atomic E-state index is 0.0320. The van der Waals surface area contributed by atoms with Crippen molar-refractivity contribution in [1.82, 2.24) is 4.57 Å². The Kier molecular flexibility index (Phi) is 4.65. The number of ether oxygens (including phenoxy) is 1. The Balaban J connectivity index is 1.92. The quantitative estimate of drug-likeness (QED) is 0.673. The summed E-state index contributed by atoms with van der Waals surface area (Å²) in [6.07, 6.45) is 1.65. The number of aromatic nitrogens is 1. The lowest BCUT2D eigenvalue weighted by Crippen LogP contribution is -2.21. The summed E-state index contributed by atoms with van der Waals surface area (Å²) in [4.78, 5) is 24.6. The summed E-state index contributed by atoms with van der Waals surface area (Å²) >= 11 is 0. The monoisotopic (exact) mass is 339 g/mol. The van der Waals surface area contributed by atoms with Gasteiger partial charge in [0.25, 0.3) is 5.56 Å². The number of benzene rings is 2. The molecule has 3 aromatic rings. The molecule has 1 heterocycles. The summed E-state index contributed by atoms with van der Waals surface area (Å²) in [5, 5.41) is 0.753. The van der Waals surface area contributed by atoms with Gasteiger partial charge in [-0.25, -0.2) is 9.18 Å². The molecule has 25 heavy (non-hydrogen) atoms. The molecular weight excluding hydrogens is 321 g/mol. The van der Waals surface area contributed by atoms with Crippen molar-refractivity contribution in [2.45, 2.75) is 26.5 Å². The standard InChI is InChI=1S/C20H18FNO3/c1-13(2)22-9-8-15-10-17(18(21)11-16(15)19(22)23)20(24)25-12-14-6-4-3-5-7-14/h3-11,13H,12H2,1-2H3. The highest BCUT2D eigenvalue weighted by Crippen LogP contribution is 2.19. The molecule has 0 bridgehead atoms. The van der Waals surface area contributed by atoms with Crippen molar-refractivity contribution >= 4 is 16.7 Å². The van der Waals surface area contributed by atoms with Crippen LogP contribution in [0.3, 0.4) is 0 Å². The van der Waals surface area contributed by atoms with Crippen molar-refractivity contribution in [3.05, 3.63) is 82.0 Å². The predicted molar refractivity (Wildman–Crippen MR) is 94.1 cm³/mol. The number of carbonyl (C=O) groups excluding carboxylic acids is 1. The van der Waals surface area contributed by atoms with E-state index in [2.05, 4.69) is 0 Å².